The number of carbonyl (C=O) groups excluding carboxylic acids is 2. The molecule has 0 N–H and O–H groups in total. The summed E-state index contributed by atoms with van der Waals surface area (Å²) in [4.78, 5) is 23.3. The molecule has 0 radical (unpaired) electrons. The molecular formula is C16H24F6O4. The molecule has 0 aliphatic heterocycles. The van der Waals surface area contributed by atoms with Crippen molar-refractivity contribution < 1.29 is 45.4 Å². The molecule has 0 saturated heterocycles. The number of ether oxygens (including phenoxy) is 2. The van der Waals surface area contributed by atoms with E-state index in [1.54, 1.807) is 0 Å². The predicted molar refractivity (Wildman–Crippen MR) is 80.1 cm³/mol. The molecule has 10 heteroatoms. The Hall–Kier alpha value is -1.48. The van der Waals surface area contributed by atoms with E-state index in [2.05, 4.69) is 4.74 Å². The van der Waals surface area contributed by atoms with Crippen molar-refractivity contribution in [2.75, 3.05) is 0 Å². The second-order valence-electron chi connectivity index (χ2n) is 7.38. The first kappa shape index (κ1) is 24.5. The standard InChI is InChI=1S/C16H24F6O4/c1-6-13(2,3)8-7-10(23)26-14(4,5)9-11(24)25-12(15(17,18)19)16(20,21)22/h12H,6-9H2,1-5H3. The van der Waals surface area contributed by atoms with Crippen LogP contribution in [0.25, 0.3) is 0 Å². The van der Waals surface area contributed by atoms with E-state index in [0.717, 1.165) is 6.42 Å². The highest BCUT2D eigenvalue weighted by Crippen LogP contribution is 2.36. The lowest BCUT2D eigenvalue weighted by molar-refractivity contribution is -0.314. The summed E-state index contributed by atoms with van der Waals surface area (Å²) in [7, 11) is 0. The Kier molecular flexibility index (Phi) is 7.99. The van der Waals surface area contributed by atoms with Crippen LogP contribution in [0.4, 0.5) is 26.3 Å². The molecule has 154 valence electrons. The van der Waals surface area contributed by atoms with Gasteiger partial charge in [-0.05, 0) is 25.7 Å². The van der Waals surface area contributed by atoms with Gasteiger partial charge in [-0.2, -0.15) is 26.3 Å². The van der Waals surface area contributed by atoms with Gasteiger partial charge in [-0.1, -0.05) is 27.2 Å². The van der Waals surface area contributed by atoms with E-state index in [4.69, 9.17) is 4.74 Å². The van der Waals surface area contributed by atoms with Gasteiger partial charge in [0.1, 0.15) is 5.60 Å². The minimum absolute atomic E-state index is 0.00699. The van der Waals surface area contributed by atoms with Crippen molar-refractivity contribution in [3.8, 4) is 0 Å². The number of esters is 2. The summed E-state index contributed by atoms with van der Waals surface area (Å²) in [5.74, 6) is -2.47. The fourth-order valence-corrected chi connectivity index (χ4v) is 1.85. The Labute approximate surface area is 148 Å². The van der Waals surface area contributed by atoms with Crippen molar-refractivity contribution in [2.24, 2.45) is 5.41 Å². The van der Waals surface area contributed by atoms with Gasteiger partial charge in [0.25, 0.3) is 6.10 Å². The fraction of sp³-hybridized carbons (Fsp3) is 0.875. The van der Waals surface area contributed by atoms with Crippen molar-refractivity contribution in [1.82, 2.24) is 0 Å². The zero-order chi connectivity index (χ0) is 21.0. The molecule has 0 heterocycles. The zero-order valence-corrected chi connectivity index (χ0v) is 15.3. The molecule has 0 amide bonds. The third-order valence-electron chi connectivity index (χ3n) is 3.77. The van der Waals surface area contributed by atoms with Gasteiger partial charge < -0.3 is 9.47 Å². The largest absolute Gasteiger partial charge is 0.459 e. The highest BCUT2D eigenvalue weighted by Gasteiger charge is 2.60. The van der Waals surface area contributed by atoms with Crippen LogP contribution in [0.3, 0.4) is 0 Å². The smallest absolute Gasteiger partial charge is 0.434 e. The van der Waals surface area contributed by atoms with Gasteiger partial charge in [0.15, 0.2) is 0 Å². The van der Waals surface area contributed by atoms with Crippen molar-refractivity contribution in [2.45, 2.75) is 84.4 Å². The van der Waals surface area contributed by atoms with Gasteiger partial charge >= 0.3 is 24.3 Å². The highest BCUT2D eigenvalue weighted by atomic mass is 19.4. The van der Waals surface area contributed by atoms with Crippen LogP contribution in [0.15, 0.2) is 0 Å². The van der Waals surface area contributed by atoms with E-state index in [9.17, 15) is 35.9 Å². The van der Waals surface area contributed by atoms with Crippen molar-refractivity contribution in [3.63, 3.8) is 0 Å². The van der Waals surface area contributed by atoms with Gasteiger partial charge in [0.2, 0.25) is 0 Å². The molecule has 0 unspecified atom stereocenters. The lowest BCUT2D eigenvalue weighted by Gasteiger charge is -2.28. The number of hydrogen-bond donors (Lipinski definition) is 0. The maximum absolute atomic E-state index is 12.4. The number of carbonyl (C=O) groups is 2. The van der Waals surface area contributed by atoms with E-state index < -0.39 is 42.4 Å². The first-order valence-electron chi connectivity index (χ1n) is 7.94. The fourth-order valence-electron chi connectivity index (χ4n) is 1.85. The van der Waals surface area contributed by atoms with Gasteiger partial charge in [0.05, 0.1) is 6.42 Å². The summed E-state index contributed by atoms with van der Waals surface area (Å²) >= 11 is 0. The average Bonchev–Trinajstić information content (AvgIpc) is 2.39. The van der Waals surface area contributed by atoms with Crippen LogP contribution < -0.4 is 0 Å². The third-order valence-corrected chi connectivity index (χ3v) is 3.77. The summed E-state index contributed by atoms with van der Waals surface area (Å²) in [6, 6.07) is 0. The molecule has 0 bridgehead atoms. The molecule has 0 aliphatic carbocycles. The summed E-state index contributed by atoms with van der Waals surface area (Å²) in [5.41, 5.74) is -1.74. The maximum atomic E-state index is 12.4. The monoisotopic (exact) mass is 394 g/mol. The predicted octanol–water partition coefficient (Wildman–Crippen LogP) is 4.95. The van der Waals surface area contributed by atoms with E-state index >= 15 is 0 Å². The van der Waals surface area contributed by atoms with E-state index in [1.165, 1.54) is 13.8 Å². The van der Waals surface area contributed by atoms with Gasteiger partial charge in [-0.25, -0.2) is 0 Å². The third kappa shape index (κ3) is 9.28. The molecule has 0 saturated carbocycles. The van der Waals surface area contributed by atoms with Crippen LogP contribution in [-0.2, 0) is 19.1 Å². The first-order valence-corrected chi connectivity index (χ1v) is 7.94. The molecular weight excluding hydrogens is 370 g/mol. The molecule has 0 aromatic rings. The summed E-state index contributed by atoms with van der Waals surface area (Å²) in [5, 5.41) is 0. The first-order chi connectivity index (χ1) is 11.4. The number of halogens is 6. The normalized spacial score (nSPS) is 13.7. The van der Waals surface area contributed by atoms with E-state index in [-0.39, 0.29) is 11.8 Å². The average molecular weight is 394 g/mol. The highest BCUT2D eigenvalue weighted by molar-refractivity contribution is 5.73. The molecule has 0 aromatic carbocycles. The van der Waals surface area contributed by atoms with Crippen molar-refractivity contribution in [3.05, 3.63) is 0 Å². The lowest BCUT2D eigenvalue weighted by Crippen LogP contribution is -2.46. The second kappa shape index (κ2) is 8.47. The number of hydrogen-bond acceptors (Lipinski definition) is 4. The Morgan fingerprint density at radius 2 is 1.35 bits per heavy atom. The molecule has 4 nitrogen and oxygen atoms in total. The van der Waals surface area contributed by atoms with Crippen LogP contribution in [-0.4, -0.2) is 36.0 Å². The molecule has 26 heavy (non-hydrogen) atoms. The van der Waals surface area contributed by atoms with Crippen LogP contribution in [0.5, 0.6) is 0 Å². The maximum Gasteiger partial charge on any atom is 0.434 e. The quantitative estimate of drug-likeness (QED) is 0.432. The number of alkyl halides is 6. The van der Waals surface area contributed by atoms with Crippen molar-refractivity contribution in [1.29, 1.82) is 0 Å². The van der Waals surface area contributed by atoms with Crippen molar-refractivity contribution >= 4 is 11.9 Å². The minimum Gasteiger partial charge on any atom is -0.459 e. The molecule has 0 atom stereocenters. The van der Waals surface area contributed by atoms with Gasteiger partial charge in [-0.3, -0.25) is 9.59 Å². The molecule has 0 spiro atoms. The summed E-state index contributed by atoms with van der Waals surface area (Å²) in [6.07, 6.45) is -15.5. The Morgan fingerprint density at radius 1 is 0.885 bits per heavy atom. The SMILES string of the molecule is CCC(C)(C)CCC(=O)OC(C)(C)CC(=O)OC(C(F)(F)F)C(F)(F)F. The number of rotatable bonds is 8. The topological polar surface area (TPSA) is 52.6 Å². The lowest BCUT2D eigenvalue weighted by atomic mass is 9.85. The molecule has 0 aliphatic rings. The van der Waals surface area contributed by atoms with E-state index in [0.29, 0.717) is 6.42 Å². The molecule has 0 aromatic heterocycles. The Balaban J connectivity index is 4.78. The minimum atomic E-state index is -5.79. The zero-order valence-electron chi connectivity index (χ0n) is 15.3. The summed E-state index contributed by atoms with van der Waals surface area (Å²) in [6.45, 7) is 8.19. The van der Waals surface area contributed by atoms with Crippen LogP contribution in [0.2, 0.25) is 0 Å². The summed E-state index contributed by atoms with van der Waals surface area (Å²) < 4.78 is 82.8. The van der Waals surface area contributed by atoms with Gasteiger partial charge in [-0.15, -0.1) is 0 Å². The molecule has 0 fully saturated rings. The second-order valence-corrected chi connectivity index (χ2v) is 7.38. The van der Waals surface area contributed by atoms with Gasteiger partial charge in [0, 0.05) is 6.42 Å². The Morgan fingerprint density at radius 3 is 1.73 bits per heavy atom. The Bertz CT molecular complexity index is 480. The van der Waals surface area contributed by atoms with Crippen LogP contribution in [0.1, 0.15) is 60.3 Å². The van der Waals surface area contributed by atoms with Crippen LogP contribution >= 0.6 is 0 Å². The molecule has 0 rings (SSSR count). The van der Waals surface area contributed by atoms with E-state index in [1.807, 2.05) is 20.8 Å². The van der Waals surface area contributed by atoms with Crippen LogP contribution in [0, 0.1) is 5.41 Å².